The first-order chi connectivity index (χ1) is 19.9. The van der Waals surface area contributed by atoms with Crippen LogP contribution >= 0.6 is 0 Å². The smallest absolute Gasteiger partial charge is 0.247 e. The first-order valence-electron chi connectivity index (χ1n) is 14.0. The predicted molar refractivity (Wildman–Crippen MR) is 147 cm³/mol. The van der Waals surface area contributed by atoms with Gasteiger partial charge in [0.15, 0.2) is 11.5 Å². The molecule has 1 saturated carbocycles. The molecule has 1 heterocycles. The molecule has 41 heavy (non-hydrogen) atoms. The molecule has 1 fully saturated rings. The van der Waals surface area contributed by atoms with Crippen molar-refractivity contribution in [3.05, 3.63) is 70.6 Å². The van der Waals surface area contributed by atoms with E-state index in [1.807, 2.05) is 0 Å². The van der Waals surface area contributed by atoms with Crippen molar-refractivity contribution in [2.75, 3.05) is 26.8 Å². The molecular formula is C31H35FN2O7. The third-order valence-electron chi connectivity index (χ3n) is 8.29. The van der Waals surface area contributed by atoms with E-state index in [1.54, 1.807) is 29.2 Å². The number of nitrogens with zero attached hydrogens (tertiary/aromatic N) is 1. The molecule has 4 unspecified atom stereocenters. The maximum Gasteiger partial charge on any atom is 0.247 e. The van der Waals surface area contributed by atoms with E-state index in [2.05, 4.69) is 5.32 Å². The number of hydrogen-bond acceptors (Lipinski definition) is 7. The second kappa shape index (κ2) is 12.4. The van der Waals surface area contributed by atoms with E-state index in [0.717, 1.165) is 25.7 Å². The van der Waals surface area contributed by atoms with Gasteiger partial charge in [0.2, 0.25) is 11.8 Å². The highest BCUT2D eigenvalue weighted by molar-refractivity contribution is 5.96. The highest BCUT2D eigenvalue weighted by atomic mass is 19.1. The molecule has 218 valence electrons. The lowest BCUT2D eigenvalue weighted by Gasteiger charge is -2.41. The van der Waals surface area contributed by atoms with E-state index < -0.39 is 30.1 Å². The van der Waals surface area contributed by atoms with E-state index in [1.165, 1.54) is 25.3 Å². The summed E-state index contributed by atoms with van der Waals surface area (Å²) < 4.78 is 25.6. The summed E-state index contributed by atoms with van der Waals surface area (Å²) in [4.78, 5) is 40.6. The van der Waals surface area contributed by atoms with E-state index in [0.29, 0.717) is 40.9 Å². The number of halogens is 1. The van der Waals surface area contributed by atoms with Crippen LogP contribution in [0.3, 0.4) is 0 Å². The minimum absolute atomic E-state index is 0.0104. The van der Waals surface area contributed by atoms with Gasteiger partial charge in [-0.1, -0.05) is 25.0 Å². The monoisotopic (exact) mass is 566 g/mol. The van der Waals surface area contributed by atoms with E-state index >= 15 is 0 Å². The lowest BCUT2D eigenvalue weighted by Crippen LogP contribution is -2.57. The molecule has 1 aliphatic heterocycles. The fourth-order valence-electron chi connectivity index (χ4n) is 6.31. The number of rotatable bonds is 10. The Labute approximate surface area is 237 Å². The molecular weight excluding hydrogens is 531 g/mol. The number of aliphatic hydroxyl groups is 2. The van der Waals surface area contributed by atoms with Crippen molar-refractivity contribution in [3.63, 3.8) is 0 Å². The van der Waals surface area contributed by atoms with Gasteiger partial charge >= 0.3 is 0 Å². The van der Waals surface area contributed by atoms with Crippen LogP contribution in [0.25, 0.3) is 0 Å². The molecule has 2 aromatic carbocycles. The molecule has 3 aliphatic rings. The van der Waals surface area contributed by atoms with Gasteiger partial charge in [0.25, 0.3) is 0 Å². The van der Waals surface area contributed by atoms with E-state index in [4.69, 9.17) is 9.47 Å². The zero-order valence-electron chi connectivity index (χ0n) is 22.9. The topological polar surface area (TPSA) is 125 Å². The van der Waals surface area contributed by atoms with Crippen molar-refractivity contribution in [1.29, 1.82) is 0 Å². The highest BCUT2D eigenvalue weighted by Gasteiger charge is 2.51. The molecule has 0 saturated heterocycles. The number of aliphatic hydroxyl groups excluding tert-OH is 2. The molecule has 5 rings (SSSR count). The summed E-state index contributed by atoms with van der Waals surface area (Å²) in [6.45, 7) is -0.0583. The van der Waals surface area contributed by atoms with Gasteiger partial charge < -0.3 is 29.9 Å². The number of nitrogens with one attached hydrogen (secondary N) is 1. The summed E-state index contributed by atoms with van der Waals surface area (Å²) in [6, 6.07) is 8.41. The van der Waals surface area contributed by atoms with Crippen LogP contribution in [0.15, 0.2) is 48.0 Å². The fourth-order valence-corrected chi connectivity index (χ4v) is 6.31. The van der Waals surface area contributed by atoms with Crippen molar-refractivity contribution >= 4 is 18.1 Å². The molecule has 0 radical (unpaired) electrons. The van der Waals surface area contributed by atoms with Crippen LogP contribution in [0.4, 0.5) is 4.39 Å². The number of ether oxygens (including phenoxy) is 2. The van der Waals surface area contributed by atoms with Crippen LogP contribution in [0.5, 0.6) is 11.5 Å². The largest absolute Gasteiger partial charge is 0.493 e. The van der Waals surface area contributed by atoms with E-state index in [9.17, 15) is 29.0 Å². The predicted octanol–water partition coefficient (Wildman–Crippen LogP) is 2.53. The van der Waals surface area contributed by atoms with Gasteiger partial charge in [-0.3, -0.25) is 14.4 Å². The minimum Gasteiger partial charge on any atom is -0.493 e. The maximum atomic E-state index is 13.9. The lowest BCUT2D eigenvalue weighted by atomic mass is 9.77. The lowest BCUT2D eigenvalue weighted by molar-refractivity contribution is -0.141. The number of amides is 2. The Kier molecular flexibility index (Phi) is 8.70. The summed E-state index contributed by atoms with van der Waals surface area (Å²) in [5, 5.41) is 23.8. The van der Waals surface area contributed by atoms with Crippen molar-refractivity contribution in [2.45, 2.75) is 56.3 Å². The van der Waals surface area contributed by atoms with Crippen LogP contribution < -0.4 is 14.8 Å². The molecule has 0 aromatic heterocycles. The minimum atomic E-state index is -1.22. The molecule has 3 N–H and O–H groups in total. The molecule has 0 bridgehead atoms. The summed E-state index contributed by atoms with van der Waals surface area (Å²) in [6.07, 6.45) is 3.82. The van der Waals surface area contributed by atoms with Gasteiger partial charge in [-0.15, -0.1) is 0 Å². The Balaban J connectivity index is 1.56. The van der Waals surface area contributed by atoms with Crippen LogP contribution in [0.1, 0.15) is 53.1 Å². The van der Waals surface area contributed by atoms with Crippen LogP contribution in [0, 0.1) is 11.7 Å². The summed E-state index contributed by atoms with van der Waals surface area (Å²) in [5.74, 6) is -1.30. The van der Waals surface area contributed by atoms with Gasteiger partial charge in [0, 0.05) is 35.7 Å². The number of carbonyl (C=O) groups excluding carboxylic acids is 3. The Morgan fingerprint density at radius 3 is 2.68 bits per heavy atom. The molecule has 2 amide bonds. The van der Waals surface area contributed by atoms with Crippen molar-refractivity contribution in [2.24, 2.45) is 5.92 Å². The third-order valence-corrected chi connectivity index (χ3v) is 8.29. The van der Waals surface area contributed by atoms with Crippen molar-refractivity contribution in [1.82, 2.24) is 10.2 Å². The fraction of sp³-hybridized carbons (Fsp3) is 0.452. The second-order valence-corrected chi connectivity index (χ2v) is 10.8. The molecule has 2 aromatic rings. The Bertz CT molecular complexity index is 1340. The third kappa shape index (κ3) is 5.71. The molecule has 9 nitrogen and oxygen atoms in total. The van der Waals surface area contributed by atoms with Gasteiger partial charge in [-0.2, -0.15) is 0 Å². The second-order valence-electron chi connectivity index (χ2n) is 10.8. The number of hydrogen-bond donors (Lipinski definition) is 3. The summed E-state index contributed by atoms with van der Waals surface area (Å²) in [7, 11) is 1.44. The Hall–Kier alpha value is -3.76. The molecule has 10 heteroatoms. The van der Waals surface area contributed by atoms with Crippen molar-refractivity contribution in [3.8, 4) is 11.5 Å². The van der Waals surface area contributed by atoms with Crippen LogP contribution in [-0.4, -0.2) is 78.3 Å². The highest BCUT2D eigenvalue weighted by Crippen LogP contribution is 2.51. The first-order valence-corrected chi connectivity index (χ1v) is 14.0. The Morgan fingerprint density at radius 1 is 1.22 bits per heavy atom. The number of fused-ring (bicyclic) bond motifs is 3. The van der Waals surface area contributed by atoms with Gasteiger partial charge in [0.1, 0.15) is 24.3 Å². The Morgan fingerprint density at radius 2 is 2.00 bits per heavy atom. The number of methoxy groups -OCH3 is 1. The normalized spacial score (nSPS) is 23.2. The molecule has 4 atom stereocenters. The molecule has 0 spiro atoms. The first kappa shape index (κ1) is 28.8. The summed E-state index contributed by atoms with van der Waals surface area (Å²) in [5.41, 5.74) is 1.81. The zero-order chi connectivity index (χ0) is 29.1. The number of aldehydes is 1. The van der Waals surface area contributed by atoms with Crippen LogP contribution in [0.2, 0.25) is 0 Å². The zero-order valence-corrected chi connectivity index (χ0v) is 22.9. The van der Waals surface area contributed by atoms with Crippen LogP contribution in [-0.2, 0) is 16.0 Å². The summed E-state index contributed by atoms with van der Waals surface area (Å²) >= 11 is 0. The maximum absolute atomic E-state index is 13.9. The average molecular weight is 567 g/mol. The average Bonchev–Trinajstić information content (AvgIpc) is 3.65. The quantitative estimate of drug-likeness (QED) is 0.378. The van der Waals surface area contributed by atoms with Gasteiger partial charge in [-0.05, 0) is 55.2 Å². The standard InChI is InChI=1S/C31H35FN2O7/c1-40-25-15-19(17-36)14-22-26-23(30(38)33-10-12-35)16-24(27(37)29(26)41-28(22)25)34(31(39)20-6-2-3-7-20)11-9-18-5-4-8-21(32)13-18/h4-5,8,13-17,20,24,26-27,29,35,37H,2-3,6-7,9-12H2,1H3,(H,33,38). The number of carbonyl (C=O) groups is 3. The molecule has 2 aliphatic carbocycles. The SMILES string of the molecule is COc1cc(C=O)cc2c1OC1C2C(C(=O)NCCO)=CC(N(CCc2cccc(F)c2)C(=O)C2CCCC2)C1O. The number of benzene rings is 2. The van der Waals surface area contributed by atoms with Gasteiger partial charge in [-0.25, -0.2) is 4.39 Å². The van der Waals surface area contributed by atoms with Crippen molar-refractivity contribution < 1.29 is 38.5 Å². The van der Waals surface area contributed by atoms with E-state index in [-0.39, 0.29) is 42.9 Å². The van der Waals surface area contributed by atoms with Gasteiger partial charge in [0.05, 0.1) is 25.7 Å².